The van der Waals surface area contributed by atoms with Crippen LogP contribution in [0.5, 0.6) is 0 Å². The van der Waals surface area contributed by atoms with Gasteiger partial charge in [-0.05, 0) is 37.5 Å². The molecule has 1 heterocycles. The van der Waals surface area contributed by atoms with Gasteiger partial charge < -0.3 is 5.32 Å². The third kappa shape index (κ3) is 2.33. The summed E-state index contributed by atoms with van der Waals surface area (Å²) in [5, 5.41) is 2.78. The van der Waals surface area contributed by atoms with Crippen molar-refractivity contribution >= 4 is 5.91 Å². The van der Waals surface area contributed by atoms with E-state index in [1.165, 1.54) is 0 Å². The van der Waals surface area contributed by atoms with Gasteiger partial charge in [-0.1, -0.05) is 0 Å². The molecule has 92 valence electrons. The highest BCUT2D eigenvalue weighted by Crippen LogP contribution is 2.47. The molecular weight excluding hydrogens is 219 g/mol. The summed E-state index contributed by atoms with van der Waals surface area (Å²) in [4.78, 5) is 11.0. The fourth-order valence-corrected chi connectivity index (χ4v) is 2.83. The summed E-state index contributed by atoms with van der Waals surface area (Å²) < 4.78 is 37.5. The lowest BCUT2D eigenvalue weighted by atomic mass is 9.66. The third-order valence-electron chi connectivity index (χ3n) is 4.05. The lowest BCUT2D eigenvalue weighted by Crippen LogP contribution is -2.46. The Labute approximate surface area is 92.6 Å². The molecule has 0 radical (unpaired) electrons. The Morgan fingerprint density at radius 1 is 1.19 bits per heavy atom. The molecule has 1 aliphatic heterocycles. The van der Waals surface area contributed by atoms with Gasteiger partial charge in [0.1, 0.15) is 0 Å². The first-order chi connectivity index (χ1) is 7.41. The highest BCUT2D eigenvalue weighted by molar-refractivity contribution is 5.76. The number of carbonyl (C=O) groups is 1. The van der Waals surface area contributed by atoms with E-state index in [1.807, 2.05) is 0 Å². The molecule has 0 atom stereocenters. The maximum atomic E-state index is 12.5. The largest absolute Gasteiger partial charge is 0.391 e. The molecule has 2 aliphatic rings. The quantitative estimate of drug-likeness (QED) is 0.687. The second-order valence-electron chi connectivity index (χ2n) is 5.09. The van der Waals surface area contributed by atoms with Crippen LogP contribution in [0.3, 0.4) is 0 Å². The highest BCUT2D eigenvalue weighted by Gasteiger charge is 2.46. The SMILES string of the molecule is O=C1CCC2(CCC(C(F)(F)F)CC2)CN1. The van der Waals surface area contributed by atoms with E-state index in [2.05, 4.69) is 5.32 Å². The topological polar surface area (TPSA) is 29.1 Å². The number of rotatable bonds is 0. The molecule has 1 amide bonds. The van der Waals surface area contributed by atoms with E-state index in [-0.39, 0.29) is 24.2 Å². The van der Waals surface area contributed by atoms with Gasteiger partial charge in [0.2, 0.25) is 5.91 Å². The number of alkyl halides is 3. The number of hydrogen-bond donors (Lipinski definition) is 1. The second kappa shape index (κ2) is 3.93. The molecular formula is C11H16F3NO. The summed E-state index contributed by atoms with van der Waals surface area (Å²) in [5.41, 5.74) is -0.0460. The fraction of sp³-hybridized carbons (Fsp3) is 0.909. The molecule has 16 heavy (non-hydrogen) atoms. The first-order valence-corrected chi connectivity index (χ1v) is 5.75. The Kier molecular flexibility index (Phi) is 2.88. The number of amides is 1. The van der Waals surface area contributed by atoms with Crippen LogP contribution in [-0.2, 0) is 4.79 Å². The van der Waals surface area contributed by atoms with Crippen molar-refractivity contribution in [1.29, 1.82) is 0 Å². The van der Waals surface area contributed by atoms with Crippen molar-refractivity contribution in [3.8, 4) is 0 Å². The first-order valence-electron chi connectivity index (χ1n) is 5.75. The monoisotopic (exact) mass is 235 g/mol. The number of hydrogen-bond acceptors (Lipinski definition) is 1. The van der Waals surface area contributed by atoms with Crippen molar-refractivity contribution in [2.75, 3.05) is 6.54 Å². The minimum atomic E-state index is -4.04. The van der Waals surface area contributed by atoms with E-state index >= 15 is 0 Å². The van der Waals surface area contributed by atoms with Gasteiger partial charge in [-0.25, -0.2) is 0 Å². The van der Waals surface area contributed by atoms with Crippen LogP contribution in [0, 0.1) is 11.3 Å². The Morgan fingerprint density at radius 3 is 2.25 bits per heavy atom. The lowest BCUT2D eigenvalue weighted by molar-refractivity contribution is -0.188. The van der Waals surface area contributed by atoms with E-state index in [4.69, 9.17) is 0 Å². The number of carbonyl (C=O) groups excluding carboxylic acids is 1. The highest BCUT2D eigenvalue weighted by atomic mass is 19.4. The van der Waals surface area contributed by atoms with Crippen molar-refractivity contribution in [2.45, 2.75) is 44.7 Å². The molecule has 0 bridgehead atoms. The minimum absolute atomic E-state index is 0.0311. The smallest absolute Gasteiger partial charge is 0.356 e. The first kappa shape index (κ1) is 11.7. The van der Waals surface area contributed by atoms with Crippen LogP contribution in [0.15, 0.2) is 0 Å². The van der Waals surface area contributed by atoms with E-state index in [0.717, 1.165) is 6.42 Å². The van der Waals surface area contributed by atoms with Crippen molar-refractivity contribution < 1.29 is 18.0 Å². The predicted molar refractivity (Wildman–Crippen MR) is 52.7 cm³/mol. The molecule has 1 saturated heterocycles. The van der Waals surface area contributed by atoms with Crippen LogP contribution in [0.1, 0.15) is 38.5 Å². The van der Waals surface area contributed by atoms with Crippen molar-refractivity contribution in [3.63, 3.8) is 0 Å². The van der Waals surface area contributed by atoms with E-state index in [9.17, 15) is 18.0 Å². The molecule has 1 aliphatic carbocycles. The fourth-order valence-electron chi connectivity index (χ4n) is 2.83. The summed E-state index contributed by atoms with van der Waals surface area (Å²) >= 11 is 0. The maximum Gasteiger partial charge on any atom is 0.391 e. The molecule has 2 fully saturated rings. The number of nitrogens with one attached hydrogen (secondary N) is 1. The Hall–Kier alpha value is -0.740. The van der Waals surface area contributed by atoms with Gasteiger partial charge in [-0.15, -0.1) is 0 Å². The van der Waals surface area contributed by atoms with Crippen molar-refractivity contribution in [1.82, 2.24) is 5.32 Å². The second-order valence-corrected chi connectivity index (χ2v) is 5.09. The van der Waals surface area contributed by atoms with Gasteiger partial charge in [0.15, 0.2) is 0 Å². The molecule has 1 saturated carbocycles. The average Bonchev–Trinajstić information content (AvgIpc) is 2.22. The van der Waals surface area contributed by atoms with Crippen LogP contribution in [0.2, 0.25) is 0 Å². The van der Waals surface area contributed by atoms with Gasteiger partial charge in [0.25, 0.3) is 0 Å². The summed E-state index contributed by atoms with van der Waals surface area (Å²) in [6.07, 6.45) is -1.19. The van der Waals surface area contributed by atoms with Crippen LogP contribution in [0.25, 0.3) is 0 Å². The Morgan fingerprint density at radius 2 is 1.81 bits per heavy atom. The van der Waals surface area contributed by atoms with Crippen LogP contribution in [-0.4, -0.2) is 18.6 Å². The van der Waals surface area contributed by atoms with Gasteiger partial charge in [-0.2, -0.15) is 13.2 Å². The van der Waals surface area contributed by atoms with Crippen LogP contribution in [0.4, 0.5) is 13.2 Å². The van der Waals surface area contributed by atoms with Gasteiger partial charge in [-0.3, -0.25) is 4.79 Å². The molecule has 1 N–H and O–H groups in total. The van der Waals surface area contributed by atoms with E-state index in [0.29, 0.717) is 25.8 Å². The van der Waals surface area contributed by atoms with Gasteiger partial charge in [0, 0.05) is 13.0 Å². The van der Waals surface area contributed by atoms with Gasteiger partial charge in [0.05, 0.1) is 5.92 Å². The standard InChI is InChI=1S/C11H16F3NO/c12-11(13,14)8-1-4-10(5-2-8)6-3-9(16)15-7-10/h8H,1-7H2,(H,15,16). The molecule has 0 aromatic rings. The molecule has 5 heteroatoms. The number of halogens is 3. The van der Waals surface area contributed by atoms with Crippen LogP contribution >= 0.6 is 0 Å². The molecule has 0 unspecified atom stereocenters. The summed E-state index contributed by atoms with van der Waals surface area (Å²) in [5.74, 6) is -1.10. The number of piperidine rings is 1. The lowest BCUT2D eigenvalue weighted by Gasteiger charge is -2.43. The van der Waals surface area contributed by atoms with E-state index in [1.54, 1.807) is 0 Å². The molecule has 0 aromatic heterocycles. The zero-order valence-electron chi connectivity index (χ0n) is 9.07. The normalized spacial score (nSPS) is 36.2. The van der Waals surface area contributed by atoms with Gasteiger partial charge >= 0.3 is 6.18 Å². The molecule has 0 aromatic carbocycles. The Bertz CT molecular complexity index is 267. The maximum absolute atomic E-state index is 12.5. The summed E-state index contributed by atoms with van der Waals surface area (Å²) in [6.45, 7) is 0.566. The molecule has 1 spiro atoms. The van der Waals surface area contributed by atoms with Crippen molar-refractivity contribution in [2.24, 2.45) is 11.3 Å². The molecule has 2 nitrogen and oxygen atoms in total. The summed E-state index contributed by atoms with van der Waals surface area (Å²) in [7, 11) is 0. The minimum Gasteiger partial charge on any atom is -0.356 e. The zero-order chi connectivity index (χ0) is 11.8. The average molecular weight is 235 g/mol. The summed E-state index contributed by atoms with van der Waals surface area (Å²) in [6, 6.07) is 0. The third-order valence-corrected chi connectivity index (χ3v) is 4.05. The Balaban J connectivity index is 1.92. The van der Waals surface area contributed by atoms with E-state index < -0.39 is 12.1 Å². The van der Waals surface area contributed by atoms with Crippen molar-refractivity contribution in [3.05, 3.63) is 0 Å². The van der Waals surface area contributed by atoms with Crippen LogP contribution < -0.4 is 5.32 Å². The predicted octanol–water partition coefficient (Wildman–Crippen LogP) is 2.64. The zero-order valence-corrected chi connectivity index (χ0v) is 9.07. The molecule has 2 rings (SSSR count).